The maximum atomic E-state index is 12.9. The number of quaternary nitrogens is 1. The molecule has 0 bridgehead atoms. The van der Waals surface area contributed by atoms with Crippen LogP contribution in [0.2, 0.25) is 0 Å². The Hall–Kier alpha value is -1.02. The van der Waals surface area contributed by atoms with Gasteiger partial charge in [0, 0.05) is 6.42 Å². The average Bonchev–Trinajstić information content (AvgIpc) is 3.19. The summed E-state index contributed by atoms with van der Waals surface area (Å²) in [5, 5.41) is 13.9. The highest BCUT2D eigenvalue weighted by molar-refractivity contribution is 7.45. The predicted molar refractivity (Wildman–Crippen MR) is 252 cm³/mol. The molecular formula is C50H99N2O6P. The van der Waals surface area contributed by atoms with Crippen LogP contribution in [-0.2, 0) is 18.4 Å². The first-order valence-electron chi connectivity index (χ1n) is 25.2. The quantitative estimate of drug-likeness (QED) is 0.0273. The van der Waals surface area contributed by atoms with E-state index in [4.69, 9.17) is 9.05 Å². The molecule has 0 saturated carbocycles. The second-order valence-corrected chi connectivity index (χ2v) is 19.9. The van der Waals surface area contributed by atoms with Crippen molar-refractivity contribution in [3.63, 3.8) is 0 Å². The molecule has 0 aromatic rings. The molecule has 3 unspecified atom stereocenters. The lowest BCUT2D eigenvalue weighted by Gasteiger charge is -2.30. The minimum absolute atomic E-state index is 0.0132. The van der Waals surface area contributed by atoms with Gasteiger partial charge in [-0.05, 0) is 44.9 Å². The van der Waals surface area contributed by atoms with E-state index >= 15 is 0 Å². The van der Waals surface area contributed by atoms with E-state index in [1.165, 1.54) is 167 Å². The van der Waals surface area contributed by atoms with Gasteiger partial charge in [0.25, 0.3) is 7.82 Å². The van der Waals surface area contributed by atoms with Gasteiger partial charge in [0.15, 0.2) is 0 Å². The number of unbranched alkanes of at least 4 members (excludes halogenated alkanes) is 29. The third kappa shape index (κ3) is 44.8. The fourth-order valence-corrected chi connectivity index (χ4v) is 8.15. The fourth-order valence-electron chi connectivity index (χ4n) is 7.42. The number of aliphatic hydroxyl groups is 1. The monoisotopic (exact) mass is 855 g/mol. The molecule has 59 heavy (non-hydrogen) atoms. The second-order valence-electron chi connectivity index (χ2n) is 18.5. The number of rotatable bonds is 46. The number of hydrogen-bond donors (Lipinski definition) is 2. The van der Waals surface area contributed by atoms with Crippen LogP contribution in [0.15, 0.2) is 24.3 Å². The number of phosphoric acid groups is 1. The first kappa shape index (κ1) is 58.0. The van der Waals surface area contributed by atoms with Gasteiger partial charge in [-0.3, -0.25) is 9.36 Å². The van der Waals surface area contributed by atoms with Gasteiger partial charge < -0.3 is 28.8 Å². The van der Waals surface area contributed by atoms with Crippen LogP contribution in [-0.4, -0.2) is 68.5 Å². The number of nitrogens with one attached hydrogen (secondary N) is 1. The maximum absolute atomic E-state index is 12.9. The minimum atomic E-state index is -4.56. The highest BCUT2D eigenvalue weighted by Crippen LogP contribution is 2.38. The first-order valence-corrected chi connectivity index (χ1v) is 26.6. The summed E-state index contributed by atoms with van der Waals surface area (Å²) in [6.07, 6.45) is 50.5. The van der Waals surface area contributed by atoms with Crippen molar-refractivity contribution in [2.24, 2.45) is 0 Å². The zero-order chi connectivity index (χ0) is 43.6. The Morgan fingerprint density at radius 3 is 1.41 bits per heavy atom. The predicted octanol–water partition coefficient (Wildman–Crippen LogP) is 13.8. The van der Waals surface area contributed by atoms with Gasteiger partial charge in [-0.2, -0.15) is 0 Å². The molecule has 8 nitrogen and oxygen atoms in total. The molecule has 1 amide bonds. The van der Waals surface area contributed by atoms with Crippen LogP contribution in [0.1, 0.15) is 239 Å². The summed E-state index contributed by atoms with van der Waals surface area (Å²) >= 11 is 0. The molecule has 0 aromatic carbocycles. The molecule has 3 atom stereocenters. The number of carbonyl (C=O) groups excluding carboxylic acids is 1. The van der Waals surface area contributed by atoms with E-state index in [0.29, 0.717) is 23.9 Å². The van der Waals surface area contributed by atoms with E-state index in [1.54, 1.807) is 0 Å². The summed E-state index contributed by atoms with van der Waals surface area (Å²) in [6.45, 7) is 4.72. The van der Waals surface area contributed by atoms with Crippen molar-refractivity contribution in [3.8, 4) is 0 Å². The van der Waals surface area contributed by atoms with Crippen LogP contribution in [0.3, 0.4) is 0 Å². The Balaban J connectivity index is 4.15. The zero-order valence-electron chi connectivity index (χ0n) is 39.7. The van der Waals surface area contributed by atoms with Crippen LogP contribution in [0.5, 0.6) is 0 Å². The van der Waals surface area contributed by atoms with Gasteiger partial charge in [0.2, 0.25) is 5.91 Å². The van der Waals surface area contributed by atoms with Gasteiger partial charge in [-0.15, -0.1) is 0 Å². The van der Waals surface area contributed by atoms with Crippen LogP contribution in [0.4, 0.5) is 0 Å². The van der Waals surface area contributed by atoms with Crippen LogP contribution in [0.25, 0.3) is 0 Å². The van der Waals surface area contributed by atoms with E-state index in [0.717, 1.165) is 44.9 Å². The molecule has 0 aliphatic rings. The molecular weight excluding hydrogens is 756 g/mol. The van der Waals surface area contributed by atoms with Crippen molar-refractivity contribution in [2.45, 2.75) is 251 Å². The number of phosphoric ester groups is 1. The summed E-state index contributed by atoms with van der Waals surface area (Å²) in [6, 6.07) is -0.797. The minimum Gasteiger partial charge on any atom is -0.756 e. The number of aliphatic hydroxyl groups excluding tert-OH is 1. The number of hydrogen-bond acceptors (Lipinski definition) is 6. The summed E-state index contributed by atoms with van der Waals surface area (Å²) in [5.41, 5.74) is 0. The maximum Gasteiger partial charge on any atom is 0.268 e. The smallest absolute Gasteiger partial charge is 0.268 e. The number of allylic oxidation sites excluding steroid dienone is 4. The lowest BCUT2D eigenvalue weighted by atomic mass is 10.0. The fraction of sp³-hybridized carbons (Fsp3) is 0.900. The summed E-state index contributed by atoms with van der Waals surface area (Å²) in [7, 11) is 1.31. The number of likely N-dealkylation sites (N-methyl/N-ethyl adjacent to an activating group) is 1. The Kier molecular flexibility index (Phi) is 41.6. The van der Waals surface area contributed by atoms with Crippen molar-refractivity contribution in [3.05, 3.63) is 24.3 Å². The summed E-state index contributed by atoms with van der Waals surface area (Å²) < 4.78 is 23.3. The molecule has 0 aromatic heterocycles. The Morgan fingerprint density at radius 2 is 0.983 bits per heavy atom. The standard InChI is InChI=1S/C50H99N2O6P/c1-6-8-10-12-14-16-18-20-21-22-23-24-25-26-27-28-29-30-31-32-34-36-38-40-42-44-50(54)51-48(47-58-59(55,56)57-46-45-52(3,4)5)49(53)43-41-39-37-35-33-19-17-15-13-11-9-7-2/h18,20,22-23,48-49,53H,6-17,19,21,24-47H2,1-5H3,(H-,51,54,55,56)/b20-18-,23-22-. The van der Waals surface area contributed by atoms with E-state index in [2.05, 4.69) is 43.5 Å². The largest absolute Gasteiger partial charge is 0.756 e. The SMILES string of the molecule is CCCCCCC/C=C\C/C=C\CCCCCCCCCCCCCCCC(=O)NC(COP(=O)([O-])OCC[N+](C)(C)C)C(O)CCCCCCCCCCCCCC. The number of amides is 1. The molecule has 0 aliphatic carbocycles. The van der Waals surface area contributed by atoms with Gasteiger partial charge in [0.1, 0.15) is 13.2 Å². The molecule has 9 heteroatoms. The molecule has 0 aliphatic heterocycles. The van der Waals surface area contributed by atoms with E-state index < -0.39 is 20.0 Å². The molecule has 2 N–H and O–H groups in total. The second kappa shape index (κ2) is 42.3. The molecule has 350 valence electrons. The molecule has 0 heterocycles. The van der Waals surface area contributed by atoms with Crippen molar-refractivity contribution >= 4 is 13.7 Å². The Labute approximate surface area is 366 Å². The van der Waals surface area contributed by atoms with E-state index in [-0.39, 0.29) is 19.1 Å². The third-order valence-corrected chi connectivity index (χ3v) is 12.4. The number of nitrogens with zero attached hydrogens (tertiary/aromatic N) is 1. The summed E-state index contributed by atoms with van der Waals surface area (Å²) in [4.78, 5) is 25.4. The molecule has 0 saturated heterocycles. The number of carbonyl (C=O) groups is 1. The lowest BCUT2D eigenvalue weighted by molar-refractivity contribution is -0.870. The zero-order valence-corrected chi connectivity index (χ0v) is 40.6. The molecule has 0 spiro atoms. The van der Waals surface area contributed by atoms with Crippen LogP contribution >= 0.6 is 7.82 Å². The highest BCUT2D eigenvalue weighted by atomic mass is 31.2. The van der Waals surface area contributed by atoms with Gasteiger partial charge >= 0.3 is 0 Å². The summed E-state index contributed by atoms with van der Waals surface area (Å²) in [5.74, 6) is -0.165. The van der Waals surface area contributed by atoms with Crippen molar-refractivity contribution < 1.29 is 32.9 Å². The average molecular weight is 855 g/mol. The topological polar surface area (TPSA) is 108 Å². The van der Waals surface area contributed by atoms with Crippen molar-refractivity contribution in [1.29, 1.82) is 0 Å². The molecule has 0 radical (unpaired) electrons. The third-order valence-electron chi connectivity index (χ3n) is 11.4. The van der Waals surface area contributed by atoms with Gasteiger partial charge in [-0.25, -0.2) is 0 Å². The normalized spacial score (nSPS) is 14.4. The Bertz CT molecular complexity index is 1020. The Morgan fingerprint density at radius 1 is 0.593 bits per heavy atom. The van der Waals surface area contributed by atoms with Crippen LogP contribution in [0, 0.1) is 0 Å². The van der Waals surface area contributed by atoms with Crippen LogP contribution < -0.4 is 10.2 Å². The van der Waals surface area contributed by atoms with E-state index in [1.807, 2.05) is 21.1 Å². The molecule has 0 rings (SSSR count). The first-order chi connectivity index (χ1) is 28.5. The van der Waals surface area contributed by atoms with E-state index in [9.17, 15) is 19.4 Å². The lowest BCUT2D eigenvalue weighted by Crippen LogP contribution is -2.46. The van der Waals surface area contributed by atoms with Gasteiger partial charge in [-0.1, -0.05) is 212 Å². The highest BCUT2D eigenvalue weighted by Gasteiger charge is 2.24. The van der Waals surface area contributed by atoms with Gasteiger partial charge in [0.05, 0.1) is 39.9 Å². The van der Waals surface area contributed by atoms with Crippen molar-refractivity contribution in [1.82, 2.24) is 5.32 Å². The van der Waals surface area contributed by atoms with Crippen molar-refractivity contribution in [2.75, 3.05) is 40.9 Å². The molecule has 0 fully saturated rings.